The van der Waals surface area contributed by atoms with Gasteiger partial charge in [-0.2, -0.15) is 0 Å². The lowest BCUT2D eigenvalue weighted by atomic mass is 10.00. The van der Waals surface area contributed by atoms with Crippen LogP contribution in [-0.2, 0) is 16.0 Å². The van der Waals surface area contributed by atoms with E-state index in [1.807, 2.05) is 30.3 Å². The second-order valence-corrected chi connectivity index (χ2v) is 4.50. The van der Waals surface area contributed by atoms with Gasteiger partial charge in [-0.25, -0.2) is 4.79 Å². The van der Waals surface area contributed by atoms with Crippen LogP contribution in [0.5, 0.6) is 0 Å². The first-order chi connectivity index (χ1) is 9.04. The Morgan fingerprint density at radius 2 is 1.89 bits per heavy atom. The minimum atomic E-state index is -1.13. The standard InChI is InChI=1S/C14H19NO4/c1-10(9-11-5-3-2-4-6-11)13(17)15-12(7-8-16)14(18)19/h2-6,10,12,16H,7-9H2,1H3,(H,15,17)(H,18,19)/t10?,12-/m0/s1. The number of amides is 1. The number of carbonyl (C=O) groups is 2. The molecule has 3 N–H and O–H groups in total. The zero-order valence-corrected chi connectivity index (χ0v) is 10.9. The highest BCUT2D eigenvalue weighted by atomic mass is 16.4. The first-order valence-electron chi connectivity index (χ1n) is 6.22. The summed E-state index contributed by atoms with van der Waals surface area (Å²) in [6.45, 7) is 1.48. The van der Waals surface area contributed by atoms with Crippen LogP contribution in [0.3, 0.4) is 0 Å². The molecule has 0 saturated carbocycles. The molecule has 104 valence electrons. The highest BCUT2D eigenvalue weighted by Crippen LogP contribution is 2.08. The molecule has 0 aliphatic carbocycles. The van der Waals surface area contributed by atoms with Gasteiger partial charge in [-0.1, -0.05) is 37.3 Å². The molecule has 0 radical (unpaired) electrons. The van der Waals surface area contributed by atoms with Crippen molar-refractivity contribution in [1.82, 2.24) is 5.32 Å². The van der Waals surface area contributed by atoms with Crippen LogP contribution in [0.2, 0.25) is 0 Å². The molecule has 1 aromatic carbocycles. The van der Waals surface area contributed by atoms with Crippen LogP contribution in [0.1, 0.15) is 18.9 Å². The van der Waals surface area contributed by atoms with Gasteiger partial charge in [0.2, 0.25) is 5.91 Å². The van der Waals surface area contributed by atoms with Crippen molar-refractivity contribution in [2.24, 2.45) is 5.92 Å². The van der Waals surface area contributed by atoms with Crippen molar-refractivity contribution >= 4 is 11.9 Å². The number of aliphatic hydroxyl groups is 1. The third-order valence-corrected chi connectivity index (χ3v) is 2.86. The molecule has 1 rings (SSSR count). The second-order valence-electron chi connectivity index (χ2n) is 4.50. The minimum Gasteiger partial charge on any atom is -0.480 e. The molecule has 2 atom stereocenters. The lowest BCUT2D eigenvalue weighted by Gasteiger charge is -2.17. The molecule has 0 aliphatic heterocycles. The average Bonchev–Trinajstić information content (AvgIpc) is 2.39. The van der Waals surface area contributed by atoms with E-state index in [4.69, 9.17) is 10.2 Å². The van der Waals surface area contributed by atoms with Gasteiger partial charge in [-0.3, -0.25) is 4.79 Å². The van der Waals surface area contributed by atoms with Crippen LogP contribution >= 0.6 is 0 Å². The van der Waals surface area contributed by atoms with Crippen LogP contribution in [0, 0.1) is 5.92 Å². The van der Waals surface area contributed by atoms with Gasteiger partial charge in [0.15, 0.2) is 0 Å². The summed E-state index contributed by atoms with van der Waals surface area (Å²) in [5.74, 6) is -1.76. The van der Waals surface area contributed by atoms with Crippen LogP contribution in [-0.4, -0.2) is 34.7 Å². The number of hydrogen-bond donors (Lipinski definition) is 3. The molecule has 1 aromatic rings. The molecule has 0 fully saturated rings. The Bertz CT molecular complexity index is 419. The summed E-state index contributed by atoms with van der Waals surface area (Å²) >= 11 is 0. The zero-order valence-electron chi connectivity index (χ0n) is 10.9. The SMILES string of the molecule is CC(Cc1ccccc1)C(=O)N[C@@H](CCO)C(=O)O. The van der Waals surface area contributed by atoms with Crippen molar-refractivity contribution < 1.29 is 19.8 Å². The van der Waals surface area contributed by atoms with Crippen LogP contribution < -0.4 is 5.32 Å². The van der Waals surface area contributed by atoms with Gasteiger partial charge >= 0.3 is 5.97 Å². The first kappa shape index (κ1) is 15.2. The van der Waals surface area contributed by atoms with E-state index in [1.165, 1.54) is 0 Å². The van der Waals surface area contributed by atoms with Crippen LogP contribution in [0.25, 0.3) is 0 Å². The average molecular weight is 265 g/mol. The second kappa shape index (κ2) is 7.53. The highest BCUT2D eigenvalue weighted by molar-refractivity contribution is 5.84. The van der Waals surface area contributed by atoms with E-state index in [1.54, 1.807) is 6.92 Å². The van der Waals surface area contributed by atoms with Crippen molar-refractivity contribution in [3.63, 3.8) is 0 Å². The molecule has 19 heavy (non-hydrogen) atoms. The zero-order chi connectivity index (χ0) is 14.3. The van der Waals surface area contributed by atoms with E-state index >= 15 is 0 Å². The predicted molar refractivity (Wildman–Crippen MR) is 70.6 cm³/mol. The molecule has 0 aliphatic rings. The van der Waals surface area contributed by atoms with Gasteiger partial charge in [0.25, 0.3) is 0 Å². The van der Waals surface area contributed by atoms with Gasteiger partial charge in [-0.05, 0) is 12.0 Å². The van der Waals surface area contributed by atoms with E-state index < -0.39 is 12.0 Å². The van der Waals surface area contributed by atoms with Gasteiger partial charge in [0.1, 0.15) is 6.04 Å². The van der Waals surface area contributed by atoms with Crippen molar-refractivity contribution in [3.05, 3.63) is 35.9 Å². The van der Waals surface area contributed by atoms with E-state index in [-0.39, 0.29) is 24.9 Å². The maximum atomic E-state index is 11.9. The third kappa shape index (κ3) is 5.09. The van der Waals surface area contributed by atoms with Gasteiger partial charge in [0.05, 0.1) is 0 Å². The third-order valence-electron chi connectivity index (χ3n) is 2.86. The molecule has 0 spiro atoms. The fraction of sp³-hybridized carbons (Fsp3) is 0.429. The largest absolute Gasteiger partial charge is 0.480 e. The quantitative estimate of drug-likeness (QED) is 0.681. The molecule has 5 heteroatoms. The molecule has 0 aromatic heterocycles. The number of rotatable bonds is 7. The number of carbonyl (C=O) groups excluding carboxylic acids is 1. The van der Waals surface area contributed by atoms with Crippen LogP contribution in [0.4, 0.5) is 0 Å². The lowest BCUT2D eigenvalue weighted by molar-refractivity contribution is -0.142. The normalized spacial score (nSPS) is 13.6. The molecule has 5 nitrogen and oxygen atoms in total. The molecule has 1 amide bonds. The smallest absolute Gasteiger partial charge is 0.326 e. The maximum absolute atomic E-state index is 11.9. The maximum Gasteiger partial charge on any atom is 0.326 e. The van der Waals surface area contributed by atoms with Gasteiger partial charge in [0, 0.05) is 18.9 Å². The first-order valence-corrected chi connectivity index (χ1v) is 6.22. The predicted octanol–water partition coefficient (Wildman–Crippen LogP) is 0.817. The van der Waals surface area contributed by atoms with E-state index in [9.17, 15) is 9.59 Å². The highest BCUT2D eigenvalue weighted by Gasteiger charge is 2.22. The van der Waals surface area contributed by atoms with Crippen LogP contribution in [0.15, 0.2) is 30.3 Å². The molecular formula is C14H19NO4. The topological polar surface area (TPSA) is 86.6 Å². The Kier molecular flexibility index (Phi) is 6.02. The number of aliphatic carboxylic acids is 1. The Morgan fingerprint density at radius 1 is 1.26 bits per heavy atom. The van der Waals surface area contributed by atoms with Crippen molar-refractivity contribution in [2.75, 3.05) is 6.61 Å². The monoisotopic (exact) mass is 265 g/mol. The Labute approximate surface area is 112 Å². The van der Waals surface area contributed by atoms with Gasteiger partial charge in [-0.15, -0.1) is 0 Å². The van der Waals surface area contributed by atoms with E-state index in [0.29, 0.717) is 6.42 Å². The molecule has 0 bridgehead atoms. The minimum absolute atomic E-state index is 0.0130. The van der Waals surface area contributed by atoms with Crippen molar-refractivity contribution in [1.29, 1.82) is 0 Å². The number of aliphatic hydroxyl groups excluding tert-OH is 1. The summed E-state index contributed by atoms with van der Waals surface area (Å²) in [4.78, 5) is 22.8. The fourth-order valence-electron chi connectivity index (χ4n) is 1.76. The summed E-state index contributed by atoms with van der Waals surface area (Å²) in [5, 5.41) is 20.1. The van der Waals surface area contributed by atoms with Crippen molar-refractivity contribution in [2.45, 2.75) is 25.8 Å². The number of hydrogen-bond acceptors (Lipinski definition) is 3. The summed E-state index contributed by atoms with van der Waals surface area (Å²) in [6.07, 6.45) is 0.567. The number of benzene rings is 1. The van der Waals surface area contributed by atoms with E-state index in [2.05, 4.69) is 5.32 Å². The number of nitrogens with one attached hydrogen (secondary N) is 1. The number of carboxylic acid groups (broad SMARTS) is 1. The fourth-order valence-corrected chi connectivity index (χ4v) is 1.76. The molecule has 0 heterocycles. The number of carboxylic acids is 1. The summed E-state index contributed by atoms with van der Waals surface area (Å²) < 4.78 is 0. The molecular weight excluding hydrogens is 246 g/mol. The summed E-state index contributed by atoms with van der Waals surface area (Å²) in [6, 6.07) is 8.50. The lowest BCUT2D eigenvalue weighted by Crippen LogP contribution is -2.44. The Balaban J connectivity index is 2.54. The van der Waals surface area contributed by atoms with Gasteiger partial charge < -0.3 is 15.5 Å². The Hall–Kier alpha value is -1.88. The van der Waals surface area contributed by atoms with Crippen molar-refractivity contribution in [3.8, 4) is 0 Å². The summed E-state index contributed by atoms with van der Waals surface area (Å²) in [7, 11) is 0. The molecule has 0 saturated heterocycles. The summed E-state index contributed by atoms with van der Waals surface area (Å²) in [5.41, 5.74) is 1.03. The molecule has 1 unspecified atom stereocenters. The van der Waals surface area contributed by atoms with E-state index in [0.717, 1.165) is 5.56 Å². The Morgan fingerprint density at radius 3 is 2.42 bits per heavy atom.